The van der Waals surface area contributed by atoms with Crippen molar-refractivity contribution in [1.82, 2.24) is 13.9 Å². The van der Waals surface area contributed by atoms with Gasteiger partial charge >= 0.3 is 0 Å². The Morgan fingerprint density at radius 2 is 2.09 bits per heavy atom. The van der Waals surface area contributed by atoms with Crippen molar-refractivity contribution in [3.8, 4) is 0 Å². The number of thioether (sulfide) groups is 1. The molecule has 0 aliphatic carbocycles. The van der Waals surface area contributed by atoms with E-state index >= 15 is 0 Å². The third kappa shape index (κ3) is 4.80. The van der Waals surface area contributed by atoms with Gasteiger partial charge in [0.05, 0.1) is 15.7 Å². The van der Waals surface area contributed by atoms with Gasteiger partial charge in [0.25, 0.3) is 5.56 Å². The number of fused-ring (bicyclic) bond motifs is 1. The van der Waals surface area contributed by atoms with Crippen molar-refractivity contribution in [2.75, 3.05) is 19.4 Å². The average molecular weight is 493 g/mol. The quantitative estimate of drug-likeness (QED) is 0.294. The number of thiophene rings is 1. The van der Waals surface area contributed by atoms with E-state index in [-0.39, 0.29) is 22.9 Å². The highest BCUT2D eigenvalue weighted by Crippen LogP contribution is 2.27. The number of benzene rings is 1. The number of allylic oxidation sites excluding steroid dienone is 1. The number of hydrogen-bond acceptors (Lipinski definition) is 7. The first-order valence-electron chi connectivity index (χ1n) is 9.66. The maximum atomic E-state index is 12.9. The van der Waals surface area contributed by atoms with E-state index in [1.54, 1.807) is 37.4 Å². The average Bonchev–Trinajstić information content (AvgIpc) is 3.20. The molecule has 32 heavy (non-hydrogen) atoms. The summed E-state index contributed by atoms with van der Waals surface area (Å²) in [6, 6.07) is 6.38. The maximum Gasteiger partial charge on any atom is 0.272 e. The normalized spacial score (nSPS) is 12.8. The first-order chi connectivity index (χ1) is 15.1. The highest BCUT2D eigenvalue weighted by atomic mass is 32.2. The summed E-state index contributed by atoms with van der Waals surface area (Å²) in [5.41, 5.74) is 1.56. The molecule has 0 saturated heterocycles. The molecule has 0 spiro atoms. The predicted octanol–water partition coefficient (Wildman–Crippen LogP) is 3.32. The summed E-state index contributed by atoms with van der Waals surface area (Å²) in [4.78, 5) is 30.3. The number of nitrogens with zero attached hydrogens (tertiary/aromatic N) is 3. The summed E-state index contributed by atoms with van der Waals surface area (Å²) in [5, 5.41) is 4.43. The number of carbonyl (C=O) groups excluding carboxylic acids is 1. The van der Waals surface area contributed by atoms with Crippen LogP contribution in [0.25, 0.3) is 10.2 Å². The second kappa shape index (κ2) is 9.57. The lowest BCUT2D eigenvalue weighted by molar-refractivity contribution is -0.115. The van der Waals surface area contributed by atoms with E-state index in [1.807, 2.05) is 0 Å². The summed E-state index contributed by atoms with van der Waals surface area (Å²) >= 11 is 2.49. The molecule has 1 amide bonds. The molecular formula is C21H24N4O4S3. The lowest BCUT2D eigenvalue weighted by Gasteiger charge is -2.17. The van der Waals surface area contributed by atoms with Crippen LogP contribution in [-0.4, -0.2) is 47.5 Å². The second-order valence-electron chi connectivity index (χ2n) is 7.25. The highest BCUT2D eigenvalue weighted by Gasteiger charge is 2.22. The molecule has 0 bridgehead atoms. The van der Waals surface area contributed by atoms with Gasteiger partial charge in [-0.15, -0.1) is 17.9 Å². The number of hydrogen-bond donors (Lipinski definition) is 1. The highest BCUT2D eigenvalue weighted by molar-refractivity contribution is 8.00. The topological polar surface area (TPSA) is 101 Å². The number of anilines is 1. The summed E-state index contributed by atoms with van der Waals surface area (Å²) in [7, 11) is -0.731. The van der Waals surface area contributed by atoms with Gasteiger partial charge in [-0.25, -0.2) is 17.7 Å². The third-order valence-electron chi connectivity index (χ3n) is 4.74. The smallest absolute Gasteiger partial charge is 0.272 e. The minimum Gasteiger partial charge on any atom is -0.325 e. The van der Waals surface area contributed by atoms with Gasteiger partial charge < -0.3 is 5.32 Å². The molecule has 3 aromatic rings. The molecule has 0 fully saturated rings. The number of carbonyl (C=O) groups is 1. The number of nitrogens with one attached hydrogen (secondary N) is 1. The van der Waals surface area contributed by atoms with Gasteiger partial charge in [-0.1, -0.05) is 23.9 Å². The van der Waals surface area contributed by atoms with E-state index in [9.17, 15) is 18.0 Å². The Hall–Kier alpha value is -2.47. The molecular weight excluding hydrogens is 468 g/mol. The van der Waals surface area contributed by atoms with Gasteiger partial charge in [0.1, 0.15) is 4.70 Å². The van der Waals surface area contributed by atoms with Crippen LogP contribution < -0.4 is 10.9 Å². The predicted molar refractivity (Wildman–Crippen MR) is 130 cm³/mol. The molecule has 0 aliphatic heterocycles. The summed E-state index contributed by atoms with van der Waals surface area (Å²) < 4.78 is 28.0. The maximum absolute atomic E-state index is 12.9. The lowest BCUT2D eigenvalue weighted by atomic mass is 10.2. The van der Waals surface area contributed by atoms with Crippen molar-refractivity contribution >= 4 is 54.9 Å². The molecule has 0 radical (unpaired) electrons. The molecule has 8 nitrogen and oxygen atoms in total. The number of aryl methyl sites for hydroxylation is 1. The monoisotopic (exact) mass is 492 g/mol. The minimum atomic E-state index is -3.63. The van der Waals surface area contributed by atoms with Gasteiger partial charge in [0.2, 0.25) is 15.9 Å². The van der Waals surface area contributed by atoms with E-state index < -0.39 is 15.3 Å². The summed E-state index contributed by atoms with van der Waals surface area (Å²) in [5.74, 6) is -0.331. The largest absolute Gasteiger partial charge is 0.325 e. The fourth-order valence-corrected chi connectivity index (χ4v) is 5.48. The Balaban J connectivity index is 1.87. The zero-order valence-corrected chi connectivity index (χ0v) is 20.6. The number of amides is 1. The van der Waals surface area contributed by atoms with Crippen molar-refractivity contribution in [2.45, 2.75) is 35.7 Å². The van der Waals surface area contributed by atoms with Crippen LogP contribution in [-0.2, 0) is 21.4 Å². The van der Waals surface area contributed by atoms with Crippen molar-refractivity contribution in [3.63, 3.8) is 0 Å². The van der Waals surface area contributed by atoms with Gasteiger partial charge in [0, 0.05) is 26.3 Å². The van der Waals surface area contributed by atoms with Crippen molar-refractivity contribution in [1.29, 1.82) is 0 Å². The molecule has 1 unspecified atom stereocenters. The van der Waals surface area contributed by atoms with Crippen LogP contribution in [0.5, 0.6) is 0 Å². The Bertz CT molecular complexity index is 1340. The zero-order chi connectivity index (χ0) is 23.6. The molecule has 0 saturated carbocycles. The Morgan fingerprint density at radius 1 is 1.38 bits per heavy atom. The molecule has 11 heteroatoms. The first-order valence-corrected chi connectivity index (χ1v) is 12.9. The van der Waals surface area contributed by atoms with Crippen molar-refractivity contribution < 1.29 is 13.2 Å². The molecule has 1 aromatic carbocycles. The number of aromatic nitrogens is 2. The molecule has 2 heterocycles. The summed E-state index contributed by atoms with van der Waals surface area (Å²) in [6.07, 6.45) is 1.61. The number of sulfonamides is 1. The van der Waals surface area contributed by atoms with E-state index in [2.05, 4.69) is 16.9 Å². The molecule has 170 valence electrons. The van der Waals surface area contributed by atoms with Crippen LogP contribution in [0.1, 0.15) is 12.5 Å². The van der Waals surface area contributed by atoms with E-state index in [0.717, 1.165) is 21.6 Å². The van der Waals surface area contributed by atoms with Gasteiger partial charge in [-0.3, -0.25) is 14.2 Å². The SMILES string of the molecule is C=CCn1c(SC(C)C(=O)Nc2cc(S(=O)(=O)N(C)C)ccc2C)nc2ccsc2c1=O. The standard InChI is InChI=1S/C21H24N4O4S3/c1-6-10-25-20(27)18-16(9-11-30-18)23-21(25)31-14(3)19(26)22-17-12-15(8-7-13(17)2)32(28,29)24(4)5/h6-9,11-12,14H,1,10H2,2-5H3,(H,22,26). The van der Waals surface area contributed by atoms with E-state index in [0.29, 0.717) is 21.1 Å². The Kier molecular flexibility index (Phi) is 7.23. The first kappa shape index (κ1) is 24.2. The molecule has 1 atom stereocenters. The molecule has 2 aromatic heterocycles. The molecule has 0 aliphatic rings. The van der Waals surface area contributed by atoms with Gasteiger partial charge in [0.15, 0.2) is 5.16 Å². The fourth-order valence-electron chi connectivity index (χ4n) is 2.86. The van der Waals surface area contributed by atoms with Gasteiger partial charge in [-0.05, 0) is 43.0 Å². The third-order valence-corrected chi connectivity index (χ3v) is 8.53. The second-order valence-corrected chi connectivity index (χ2v) is 11.6. The molecule has 3 rings (SSSR count). The van der Waals surface area contributed by atoms with Crippen LogP contribution in [0, 0.1) is 6.92 Å². The van der Waals surface area contributed by atoms with Crippen LogP contribution in [0.2, 0.25) is 0 Å². The lowest BCUT2D eigenvalue weighted by Crippen LogP contribution is -2.27. The van der Waals surface area contributed by atoms with Crippen LogP contribution in [0.3, 0.4) is 0 Å². The zero-order valence-electron chi connectivity index (χ0n) is 18.2. The van der Waals surface area contributed by atoms with Crippen molar-refractivity contribution in [3.05, 3.63) is 58.2 Å². The molecule has 1 N–H and O–H groups in total. The summed E-state index contributed by atoms with van der Waals surface area (Å²) in [6.45, 7) is 7.47. The van der Waals surface area contributed by atoms with E-state index in [1.165, 1.54) is 42.1 Å². The van der Waals surface area contributed by atoms with E-state index in [4.69, 9.17) is 0 Å². The van der Waals surface area contributed by atoms with Crippen molar-refractivity contribution in [2.24, 2.45) is 0 Å². The number of rotatable bonds is 8. The Labute approximate surface area is 195 Å². The minimum absolute atomic E-state index is 0.0908. The Morgan fingerprint density at radius 3 is 2.75 bits per heavy atom. The van der Waals surface area contributed by atoms with Gasteiger partial charge in [-0.2, -0.15) is 0 Å². The fraction of sp³-hybridized carbons (Fsp3) is 0.286. The van der Waals surface area contributed by atoms with Crippen LogP contribution in [0.4, 0.5) is 5.69 Å². The van der Waals surface area contributed by atoms with Crippen LogP contribution >= 0.6 is 23.1 Å². The van der Waals surface area contributed by atoms with Crippen LogP contribution in [0.15, 0.2) is 57.1 Å².